The van der Waals surface area contributed by atoms with Crippen molar-refractivity contribution < 1.29 is 0 Å². The van der Waals surface area contributed by atoms with Gasteiger partial charge in [0.25, 0.3) is 0 Å². The number of aryl methyl sites for hydroxylation is 2. The molecule has 0 atom stereocenters. The first kappa shape index (κ1) is 27.5. The number of pyridine rings is 2. The zero-order valence-electron chi connectivity index (χ0n) is 21.6. The average molecular weight is 462 g/mol. The van der Waals surface area contributed by atoms with Crippen molar-refractivity contribution in [2.24, 2.45) is 0 Å². The molecule has 5 nitrogen and oxygen atoms in total. The highest BCUT2D eigenvalue weighted by Gasteiger charge is 2.04. The summed E-state index contributed by atoms with van der Waals surface area (Å²) in [5.74, 6) is 0. The Labute approximate surface area is 206 Å². The highest BCUT2D eigenvalue weighted by molar-refractivity contribution is 5.82. The summed E-state index contributed by atoms with van der Waals surface area (Å²) in [6.45, 7) is 12.3. The van der Waals surface area contributed by atoms with Gasteiger partial charge in [0.05, 0.1) is 11.2 Å². The zero-order chi connectivity index (χ0) is 24.6. The van der Waals surface area contributed by atoms with Gasteiger partial charge in [0, 0.05) is 29.4 Å². The Hall–Kier alpha value is -2.76. The van der Waals surface area contributed by atoms with Crippen LogP contribution >= 0.6 is 0 Å². The van der Waals surface area contributed by atoms with Crippen molar-refractivity contribution in [3.8, 4) is 11.3 Å². The Morgan fingerprint density at radius 2 is 1.82 bits per heavy atom. The van der Waals surface area contributed by atoms with Crippen molar-refractivity contribution in [1.82, 2.24) is 25.5 Å². The van der Waals surface area contributed by atoms with Crippen LogP contribution in [0.3, 0.4) is 0 Å². The van der Waals surface area contributed by atoms with Crippen LogP contribution in [0.4, 0.5) is 0 Å². The fourth-order valence-corrected chi connectivity index (χ4v) is 3.73. The molecule has 1 aliphatic heterocycles. The Morgan fingerprint density at radius 1 is 1.06 bits per heavy atom. The monoisotopic (exact) mass is 461 g/mol. The Morgan fingerprint density at radius 3 is 2.35 bits per heavy atom. The molecule has 0 amide bonds. The summed E-state index contributed by atoms with van der Waals surface area (Å²) in [6, 6.07) is 14.9. The van der Waals surface area contributed by atoms with Gasteiger partial charge < -0.3 is 15.5 Å². The molecule has 3 heterocycles. The zero-order valence-corrected chi connectivity index (χ0v) is 21.6. The van der Waals surface area contributed by atoms with Gasteiger partial charge in [-0.05, 0) is 109 Å². The van der Waals surface area contributed by atoms with Crippen LogP contribution in [0.1, 0.15) is 44.4 Å². The minimum absolute atomic E-state index is 0.976. The minimum Gasteiger partial charge on any atom is -0.392 e. The molecular formula is C29H43N5. The molecule has 0 aliphatic carbocycles. The van der Waals surface area contributed by atoms with Crippen molar-refractivity contribution in [3.05, 3.63) is 72.7 Å². The van der Waals surface area contributed by atoms with E-state index in [1.54, 1.807) is 6.20 Å². The van der Waals surface area contributed by atoms with Gasteiger partial charge in [-0.25, -0.2) is 4.98 Å². The van der Waals surface area contributed by atoms with Crippen LogP contribution in [-0.4, -0.2) is 55.1 Å². The predicted molar refractivity (Wildman–Crippen MR) is 147 cm³/mol. The van der Waals surface area contributed by atoms with Crippen molar-refractivity contribution in [2.45, 2.75) is 46.0 Å². The third-order valence-corrected chi connectivity index (χ3v) is 5.82. The smallest absolute Gasteiger partial charge is 0.0725 e. The molecule has 4 rings (SSSR count). The van der Waals surface area contributed by atoms with E-state index in [-0.39, 0.29) is 0 Å². The quantitative estimate of drug-likeness (QED) is 0.436. The summed E-state index contributed by atoms with van der Waals surface area (Å²) < 4.78 is 0. The summed E-state index contributed by atoms with van der Waals surface area (Å²) in [7, 11) is 4.15. The van der Waals surface area contributed by atoms with Crippen LogP contribution in [0, 0.1) is 0 Å². The number of likely N-dealkylation sites (tertiary alicyclic amines) is 1. The van der Waals surface area contributed by atoms with Gasteiger partial charge in [0.2, 0.25) is 0 Å². The molecule has 1 saturated heterocycles. The van der Waals surface area contributed by atoms with Crippen LogP contribution < -0.4 is 10.6 Å². The first-order valence-corrected chi connectivity index (χ1v) is 12.6. The van der Waals surface area contributed by atoms with Crippen LogP contribution in [0.2, 0.25) is 0 Å². The number of hydrogen-bond acceptors (Lipinski definition) is 5. The van der Waals surface area contributed by atoms with E-state index in [4.69, 9.17) is 4.98 Å². The van der Waals surface area contributed by atoms with E-state index < -0.39 is 0 Å². The summed E-state index contributed by atoms with van der Waals surface area (Å²) >= 11 is 0. The second kappa shape index (κ2) is 16.0. The molecule has 3 aromatic rings. The van der Waals surface area contributed by atoms with Gasteiger partial charge in [-0.2, -0.15) is 0 Å². The Kier molecular flexibility index (Phi) is 12.9. The lowest BCUT2D eigenvalue weighted by atomic mass is 10.1. The summed E-state index contributed by atoms with van der Waals surface area (Å²) in [5.41, 5.74) is 5.57. The second-order valence-corrected chi connectivity index (χ2v) is 8.59. The van der Waals surface area contributed by atoms with E-state index in [2.05, 4.69) is 83.5 Å². The van der Waals surface area contributed by atoms with Crippen LogP contribution in [-0.2, 0) is 12.8 Å². The number of fused-ring (bicyclic) bond motifs is 1. The topological polar surface area (TPSA) is 53.1 Å². The second-order valence-electron chi connectivity index (χ2n) is 8.59. The van der Waals surface area contributed by atoms with Gasteiger partial charge >= 0.3 is 0 Å². The molecule has 2 N–H and O–H groups in total. The van der Waals surface area contributed by atoms with Crippen LogP contribution in [0.25, 0.3) is 22.2 Å². The number of hydrogen-bond donors (Lipinski definition) is 2. The van der Waals surface area contributed by atoms with Crippen molar-refractivity contribution in [2.75, 3.05) is 40.3 Å². The van der Waals surface area contributed by atoms with Gasteiger partial charge in [-0.3, -0.25) is 4.98 Å². The fourth-order valence-electron chi connectivity index (χ4n) is 3.73. The van der Waals surface area contributed by atoms with Crippen LogP contribution in [0.5, 0.6) is 0 Å². The van der Waals surface area contributed by atoms with Gasteiger partial charge in [0.1, 0.15) is 0 Å². The first-order valence-electron chi connectivity index (χ1n) is 12.6. The Balaban J connectivity index is 0.000000306. The molecule has 0 bridgehead atoms. The standard InChI is InChI=1S/C20H23N3.C5H11N.C4H9N/c1-3-15-6-7-16-9-11-19(23-20(16)13-15)17-8-10-18(22-14-17)5-4-12-21-2;1-6-4-2-3-5-6;1-3-5-4-2/h6-11,13-14,21H,3-5,12H2,1-2H3;2-5H2,1H3;3,5H,1,4H2,2H3. The largest absolute Gasteiger partial charge is 0.392 e. The molecule has 1 aliphatic rings. The lowest BCUT2D eigenvalue weighted by Gasteiger charge is -2.06. The number of rotatable bonds is 8. The lowest BCUT2D eigenvalue weighted by molar-refractivity contribution is 0.418. The number of aromatic nitrogens is 2. The molecule has 0 unspecified atom stereocenters. The average Bonchev–Trinajstić information content (AvgIpc) is 3.36. The SMILES string of the molecule is C=CNCC.CCc1ccc2ccc(-c3ccc(CCCNC)nc3)nc2c1.CN1CCCC1. The molecule has 0 spiro atoms. The highest BCUT2D eigenvalue weighted by Crippen LogP contribution is 2.22. The summed E-state index contributed by atoms with van der Waals surface area (Å²) in [4.78, 5) is 11.7. The van der Waals surface area contributed by atoms with Gasteiger partial charge in [-0.1, -0.05) is 31.7 Å². The van der Waals surface area contributed by atoms with E-state index in [0.29, 0.717) is 0 Å². The maximum atomic E-state index is 4.81. The van der Waals surface area contributed by atoms with Crippen LogP contribution in [0.15, 0.2) is 61.4 Å². The first-order chi connectivity index (χ1) is 16.6. The van der Waals surface area contributed by atoms with E-state index in [9.17, 15) is 0 Å². The molecule has 2 aromatic heterocycles. The Bertz CT molecular complexity index is 962. The maximum Gasteiger partial charge on any atom is 0.0725 e. The lowest BCUT2D eigenvalue weighted by Crippen LogP contribution is -2.10. The molecular weight excluding hydrogens is 418 g/mol. The number of nitrogens with one attached hydrogen (secondary N) is 2. The molecule has 0 saturated carbocycles. The summed E-state index contributed by atoms with van der Waals surface area (Å²) in [6.07, 6.45) is 9.59. The predicted octanol–water partition coefficient (Wildman–Crippen LogP) is 5.46. The fraction of sp³-hybridized carbons (Fsp3) is 0.448. The number of nitrogens with zero attached hydrogens (tertiary/aromatic N) is 3. The normalized spacial score (nSPS) is 12.9. The molecule has 184 valence electrons. The van der Waals surface area contributed by atoms with E-state index in [1.807, 2.05) is 20.2 Å². The van der Waals surface area contributed by atoms with E-state index in [1.165, 1.54) is 36.9 Å². The summed E-state index contributed by atoms with van der Waals surface area (Å²) in [5, 5.41) is 7.22. The molecule has 34 heavy (non-hydrogen) atoms. The third-order valence-electron chi connectivity index (χ3n) is 5.82. The van der Waals surface area contributed by atoms with Crippen molar-refractivity contribution >= 4 is 10.9 Å². The number of benzene rings is 1. The molecule has 1 fully saturated rings. The maximum absolute atomic E-state index is 4.81. The van der Waals surface area contributed by atoms with Crippen molar-refractivity contribution in [3.63, 3.8) is 0 Å². The van der Waals surface area contributed by atoms with E-state index in [0.717, 1.165) is 54.8 Å². The van der Waals surface area contributed by atoms with Gasteiger partial charge in [-0.15, -0.1) is 0 Å². The molecule has 1 aromatic carbocycles. The molecule has 0 radical (unpaired) electrons. The molecule has 5 heteroatoms. The minimum atomic E-state index is 0.976. The third kappa shape index (κ3) is 9.62. The van der Waals surface area contributed by atoms with Gasteiger partial charge in [0.15, 0.2) is 0 Å². The van der Waals surface area contributed by atoms with Crippen molar-refractivity contribution in [1.29, 1.82) is 0 Å². The highest BCUT2D eigenvalue weighted by atomic mass is 15.1. The van der Waals surface area contributed by atoms with E-state index >= 15 is 0 Å².